The summed E-state index contributed by atoms with van der Waals surface area (Å²) in [4.78, 5) is 24.2. The number of ketones is 1. The van der Waals surface area contributed by atoms with Gasteiger partial charge in [0.2, 0.25) is 0 Å². The summed E-state index contributed by atoms with van der Waals surface area (Å²) in [6.07, 6.45) is 15.0. The van der Waals surface area contributed by atoms with Gasteiger partial charge in [0.15, 0.2) is 0 Å². The second-order valence-electron chi connectivity index (χ2n) is 13.6. The van der Waals surface area contributed by atoms with Crippen molar-refractivity contribution in [3.63, 3.8) is 0 Å². The molecule has 0 spiro atoms. The van der Waals surface area contributed by atoms with Crippen molar-refractivity contribution in [1.29, 1.82) is 0 Å². The number of hydrogen-bond donors (Lipinski definition) is 1. The smallest absolute Gasteiger partial charge is 0.302 e. The van der Waals surface area contributed by atoms with Gasteiger partial charge in [-0.05, 0) is 97.7 Å². The number of aliphatic hydroxyl groups is 1. The lowest BCUT2D eigenvalue weighted by Crippen LogP contribution is -2.65. The molecule has 0 aliphatic heterocycles. The topological polar surface area (TPSA) is 63.6 Å². The summed E-state index contributed by atoms with van der Waals surface area (Å²) >= 11 is 0. The molecule has 0 amide bonds. The molecule has 9 atom stereocenters. The van der Waals surface area contributed by atoms with Crippen LogP contribution in [0.15, 0.2) is 12.7 Å². The number of ether oxygens (including phenoxy) is 1. The van der Waals surface area contributed by atoms with E-state index in [4.69, 9.17) is 9.84 Å². The van der Waals surface area contributed by atoms with Crippen molar-refractivity contribution in [2.75, 3.05) is 13.2 Å². The first-order chi connectivity index (χ1) is 19.5. The van der Waals surface area contributed by atoms with E-state index in [0.717, 1.165) is 30.6 Å². The average Bonchev–Trinajstić information content (AvgIpc) is 3.42. The van der Waals surface area contributed by atoms with E-state index < -0.39 is 0 Å². The minimum atomic E-state index is -0.115. The van der Waals surface area contributed by atoms with E-state index in [9.17, 15) is 9.59 Å². The van der Waals surface area contributed by atoms with Crippen LogP contribution in [0.4, 0.5) is 0 Å². The molecule has 5 fully saturated rings. The van der Waals surface area contributed by atoms with E-state index >= 15 is 0 Å². The van der Waals surface area contributed by atoms with Crippen LogP contribution in [-0.4, -0.2) is 30.1 Å². The molecule has 8 unspecified atom stereocenters. The van der Waals surface area contributed by atoms with Crippen LogP contribution in [0.25, 0.3) is 0 Å². The zero-order valence-corrected chi connectivity index (χ0v) is 29.0. The van der Waals surface area contributed by atoms with E-state index in [0.29, 0.717) is 34.6 Å². The standard InChI is InChI=1S/C28H44O3.C3H6O.3C2H6/c1-18-20-10-14-27(5)24(25(20,3)13-11-23(18)30)9-8-21-22-7-6-12-28(22,17-31-19(2)29)16-15-26(21,27)4;1-2-3-4;3*1-2/h18,20-22,24H,6-17H2,1-5H3;2,4H,1,3H2;3*1-2H3/t18?,20?,21?,22?,24?,25?,26-,27?,28?;;;;/m1..../s1. The van der Waals surface area contributed by atoms with Gasteiger partial charge < -0.3 is 9.84 Å². The summed E-state index contributed by atoms with van der Waals surface area (Å²) in [7, 11) is 0. The van der Waals surface area contributed by atoms with Gasteiger partial charge in [0.25, 0.3) is 0 Å². The second-order valence-corrected chi connectivity index (χ2v) is 13.6. The van der Waals surface area contributed by atoms with Gasteiger partial charge in [-0.2, -0.15) is 0 Å². The molecule has 240 valence electrons. The van der Waals surface area contributed by atoms with Gasteiger partial charge >= 0.3 is 5.97 Å². The van der Waals surface area contributed by atoms with Crippen molar-refractivity contribution < 1.29 is 19.4 Å². The number of carbonyl (C=O) groups excluding carboxylic acids is 2. The molecule has 0 aromatic heterocycles. The lowest BCUT2D eigenvalue weighted by atomic mass is 9.33. The molecule has 0 aromatic carbocycles. The summed E-state index contributed by atoms with van der Waals surface area (Å²) in [5, 5.41) is 7.76. The minimum absolute atomic E-state index is 0.0833. The Morgan fingerprint density at radius 2 is 1.49 bits per heavy atom. The predicted octanol–water partition coefficient (Wildman–Crippen LogP) is 9.83. The van der Waals surface area contributed by atoms with Crippen LogP contribution in [0.2, 0.25) is 0 Å². The predicted molar refractivity (Wildman–Crippen MR) is 174 cm³/mol. The molecule has 0 heterocycles. The van der Waals surface area contributed by atoms with Crippen molar-refractivity contribution in [2.45, 2.75) is 147 Å². The quantitative estimate of drug-likeness (QED) is 0.268. The van der Waals surface area contributed by atoms with Crippen molar-refractivity contribution in [2.24, 2.45) is 51.2 Å². The molecule has 5 aliphatic carbocycles. The van der Waals surface area contributed by atoms with Gasteiger partial charge in [0, 0.05) is 24.7 Å². The van der Waals surface area contributed by atoms with Crippen molar-refractivity contribution >= 4 is 11.8 Å². The normalized spacial score (nSPS) is 41.7. The van der Waals surface area contributed by atoms with Crippen LogP contribution in [0, 0.1) is 51.2 Å². The maximum Gasteiger partial charge on any atom is 0.302 e. The summed E-state index contributed by atoms with van der Waals surface area (Å²) in [5.74, 6) is 3.49. The summed E-state index contributed by atoms with van der Waals surface area (Å²) < 4.78 is 5.67. The molecular weight excluding hydrogens is 508 g/mol. The molecule has 0 aromatic rings. The molecule has 5 saturated carbocycles. The number of hydrogen-bond acceptors (Lipinski definition) is 4. The van der Waals surface area contributed by atoms with Gasteiger partial charge in [-0.25, -0.2) is 0 Å². The van der Waals surface area contributed by atoms with Crippen LogP contribution in [0.1, 0.15) is 147 Å². The number of rotatable bonds is 3. The first kappa shape index (κ1) is 37.9. The molecule has 5 aliphatic rings. The third-order valence-electron chi connectivity index (χ3n) is 12.6. The Labute approximate surface area is 254 Å². The van der Waals surface area contributed by atoms with E-state index in [1.807, 2.05) is 41.5 Å². The van der Waals surface area contributed by atoms with E-state index in [-0.39, 0.29) is 23.9 Å². The highest BCUT2D eigenvalue weighted by Crippen LogP contribution is 2.75. The fraction of sp³-hybridized carbons (Fsp3) is 0.892. The largest absolute Gasteiger partial charge is 0.465 e. The highest BCUT2D eigenvalue weighted by atomic mass is 16.5. The third kappa shape index (κ3) is 6.83. The monoisotopic (exact) mass is 577 g/mol. The fourth-order valence-electron chi connectivity index (χ4n) is 10.6. The zero-order chi connectivity index (χ0) is 31.6. The van der Waals surface area contributed by atoms with Crippen molar-refractivity contribution in [1.82, 2.24) is 0 Å². The molecule has 5 rings (SSSR count). The number of fused-ring (bicyclic) bond motifs is 7. The summed E-state index contributed by atoms with van der Waals surface area (Å²) in [6.45, 7) is 27.6. The lowest BCUT2D eigenvalue weighted by Gasteiger charge is -2.71. The highest BCUT2D eigenvalue weighted by molar-refractivity contribution is 5.82. The molecule has 0 radical (unpaired) electrons. The number of aliphatic hydroxyl groups excluding tert-OH is 1. The van der Waals surface area contributed by atoms with Gasteiger partial charge in [-0.1, -0.05) is 81.7 Å². The Kier molecular flexibility index (Phi) is 14.8. The SMILES string of the molecule is C=CCO.CC.CC.CC.CC(=O)OCC12CCCC1C1CCC3C4(C)CCC(=O)C(C)C4CCC3(C)[C@]1(C)CC2. The molecule has 0 bridgehead atoms. The first-order valence-electron chi connectivity index (χ1n) is 17.4. The molecule has 4 heteroatoms. The molecule has 1 N–H and O–H groups in total. The van der Waals surface area contributed by atoms with Crippen molar-refractivity contribution in [3.8, 4) is 0 Å². The highest BCUT2D eigenvalue weighted by Gasteiger charge is 2.68. The van der Waals surface area contributed by atoms with Crippen LogP contribution in [-0.2, 0) is 14.3 Å². The number of esters is 1. The first-order valence-corrected chi connectivity index (χ1v) is 17.4. The summed E-state index contributed by atoms with van der Waals surface area (Å²) in [6, 6.07) is 0. The number of carbonyl (C=O) groups is 2. The fourth-order valence-corrected chi connectivity index (χ4v) is 10.6. The maximum atomic E-state index is 12.6. The number of Topliss-reactive ketones (excluding diaryl/α,β-unsaturated/α-hetero) is 1. The van der Waals surface area contributed by atoms with Gasteiger partial charge in [-0.3, -0.25) is 9.59 Å². The van der Waals surface area contributed by atoms with E-state index in [2.05, 4.69) is 34.3 Å². The molecule has 4 nitrogen and oxygen atoms in total. The van der Waals surface area contributed by atoms with E-state index in [1.165, 1.54) is 63.9 Å². The van der Waals surface area contributed by atoms with E-state index in [1.54, 1.807) is 6.92 Å². The average molecular weight is 577 g/mol. The lowest BCUT2D eigenvalue weighted by molar-refractivity contribution is -0.228. The maximum absolute atomic E-state index is 12.6. The molecular formula is C37H68O4. The second kappa shape index (κ2) is 16.1. The molecule has 41 heavy (non-hydrogen) atoms. The van der Waals surface area contributed by atoms with Crippen LogP contribution in [0.5, 0.6) is 0 Å². The van der Waals surface area contributed by atoms with Crippen molar-refractivity contribution in [3.05, 3.63) is 12.7 Å². The Morgan fingerprint density at radius 3 is 2.05 bits per heavy atom. The minimum Gasteiger partial charge on any atom is -0.465 e. The Morgan fingerprint density at radius 1 is 0.878 bits per heavy atom. The molecule has 0 saturated heterocycles. The third-order valence-corrected chi connectivity index (χ3v) is 12.6. The zero-order valence-electron chi connectivity index (χ0n) is 29.0. The van der Waals surface area contributed by atoms with Gasteiger partial charge in [0.05, 0.1) is 13.2 Å². The van der Waals surface area contributed by atoms with Crippen LogP contribution < -0.4 is 0 Å². The Bertz CT molecular complexity index is 837. The Balaban J connectivity index is 0.000000750. The van der Waals surface area contributed by atoms with Crippen LogP contribution in [0.3, 0.4) is 0 Å². The van der Waals surface area contributed by atoms with Crippen LogP contribution >= 0.6 is 0 Å². The van der Waals surface area contributed by atoms with Gasteiger partial charge in [-0.15, -0.1) is 6.58 Å². The van der Waals surface area contributed by atoms with Gasteiger partial charge in [0.1, 0.15) is 5.78 Å². The Hall–Kier alpha value is -1.16. The summed E-state index contributed by atoms with van der Waals surface area (Å²) in [5.41, 5.74) is 1.32.